The first-order valence-corrected chi connectivity index (χ1v) is 12.6. The second-order valence-electron chi connectivity index (χ2n) is 10.9. The molecule has 2 aromatic heterocycles. The lowest BCUT2D eigenvalue weighted by molar-refractivity contribution is -0.000886. The lowest BCUT2D eigenvalue weighted by Crippen LogP contribution is -2.52. The van der Waals surface area contributed by atoms with E-state index in [1.54, 1.807) is 15.6 Å². The van der Waals surface area contributed by atoms with Crippen LogP contribution in [-0.4, -0.2) is 49.9 Å². The molecule has 0 saturated carbocycles. The highest BCUT2D eigenvalue weighted by molar-refractivity contribution is 5.91. The third kappa shape index (κ3) is 5.38. The van der Waals surface area contributed by atoms with E-state index in [9.17, 15) is 9.59 Å². The second kappa shape index (κ2) is 9.42. The fraction of sp³-hybridized carbons (Fsp3) is 0.345. The molecular weight excluding hydrogens is 466 g/mol. The van der Waals surface area contributed by atoms with Crippen LogP contribution in [0.5, 0.6) is 0 Å². The first-order chi connectivity index (χ1) is 17.6. The van der Waals surface area contributed by atoms with Crippen LogP contribution in [0.25, 0.3) is 16.6 Å². The number of likely N-dealkylation sites (tertiary alicyclic amines) is 1. The van der Waals surface area contributed by atoms with Gasteiger partial charge in [-0.3, -0.25) is 4.79 Å². The number of nitrogens with two attached hydrogens (primary N) is 1. The third-order valence-corrected chi connectivity index (χ3v) is 6.65. The highest BCUT2D eigenvalue weighted by Gasteiger charge is 2.33. The van der Waals surface area contributed by atoms with Crippen molar-refractivity contribution in [2.75, 3.05) is 13.1 Å². The lowest BCUT2D eigenvalue weighted by Gasteiger charge is -2.40. The van der Waals surface area contributed by atoms with Crippen molar-refractivity contribution < 1.29 is 14.3 Å². The van der Waals surface area contributed by atoms with Crippen LogP contribution < -0.4 is 5.73 Å². The van der Waals surface area contributed by atoms with Gasteiger partial charge in [-0.2, -0.15) is 5.10 Å². The normalized spacial score (nSPS) is 14.1. The maximum atomic E-state index is 12.1. The van der Waals surface area contributed by atoms with E-state index in [0.717, 1.165) is 48.3 Å². The monoisotopic (exact) mass is 499 g/mol. The molecule has 3 heterocycles. The largest absolute Gasteiger partial charge is 0.444 e. The molecule has 1 saturated heterocycles. The van der Waals surface area contributed by atoms with Crippen LogP contribution in [0.1, 0.15) is 48.1 Å². The van der Waals surface area contributed by atoms with E-state index in [1.165, 1.54) is 11.1 Å². The number of rotatable bonds is 6. The summed E-state index contributed by atoms with van der Waals surface area (Å²) in [6, 6.07) is 18.7. The van der Waals surface area contributed by atoms with E-state index in [-0.39, 0.29) is 11.8 Å². The smallest absolute Gasteiger partial charge is 0.410 e. The summed E-state index contributed by atoms with van der Waals surface area (Å²) in [6.45, 7) is 9.84. The summed E-state index contributed by atoms with van der Waals surface area (Å²) in [7, 11) is 0. The van der Waals surface area contributed by atoms with Gasteiger partial charge in [0, 0.05) is 42.4 Å². The van der Waals surface area contributed by atoms with Gasteiger partial charge in [-0.15, -0.1) is 0 Å². The van der Waals surface area contributed by atoms with Gasteiger partial charge in [0.15, 0.2) is 5.69 Å². The molecule has 1 aliphatic heterocycles. The minimum atomic E-state index is -0.532. The fourth-order valence-corrected chi connectivity index (χ4v) is 4.80. The molecule has 5 rings (SSSR count). The highest BCUT2D eigenvalue weighted by atomic mass is 16.6. The molecule has 1 aliphatic rings. The van der Waals surface area contributed by atoms with Crippen molar-refractivity contribution >= 4 is 22.9 Å². The van der Waals surface area contributed by atoms with Gasteiger partial charge in [-0.1, -0.05) is 24.3 Å². The predicted octanol–water partition coefficient (Wildman–Crippen LogP) is 4.69. The average Bonchev–Trinajstić information content (AvgIpc) is 3.39. The summed E-state index contributed by atoms with van der Waals surface area (Å²) < 4.78 is 9.41. The number of carbonyl (C=O) groups excluding carboxylic acids is 2. The Labute approximate surface area is 216 Å². The molecule has 2 aromatic carbocycles. The van der Waals surface area contributed by atoms with Gasteiger partial charge < -0.3 is 19.9 Å². The standard InChI is InChI=1S/C29H33N5O3/c1-19-13-25(27(30)35)31-34(19)24-9-10-26-23(15-24)11-12-32(26)16-21-7-5-20(6-8-21)14-22-17-33(18-22)28(36)37-29(2,3)4/h5-13,15,22H,14,16-18H2,1-4H3,(H2,30,35). The number of hydrogen-bond donors (Lipinski definition) is 1. The molecule has 2 N–H and O–H groups in total. The van der Waals surface area contributed by atoms with Gasteiger partial charge in [0.25, 0.3) is 5.91 Å². The van der Waals surface area contributed by atoms with E-state index in [1.807, 2.05) is 33.8 Å². The van der Waals surface area contributed by atoms with Crippen LogP contribution in [-0.2, 0) is 17.7 Å². The Bertz CT molecular complexity index is 1450. The molecule has 0 radical (unpaired) electrons. The number of ether oxygens (including phenoxy) is 1. The Balaban J connectivity index is 1.21. The van der Waals surface area contributed by atoms with Crippen molar-refractivity contribution in [3.8, 4) is 5.69 Å². The first kappa shape index (κ1) is 24.6. The summed E-state index contributed by atoms with van der Waals surface area (Å²) in [5.41, 5.74) is 10.6. The third-order valence-electron chi connectivity index (χ3n) is 6.65. The number of hydrogen-bond acceptors (Lipinski definition) is 4. The van der Waals surface area contributed by atoms with E-state index in [0.29, 0.717) is 5.92 Å². The molecule has 0 atom stereocenters. The van der Waals surface area contributed by atoms with Crippen LogP contribution >= 0.6 is 0 Å². The number of nitrogens with zero attached hydrogens (tertiary/aromatic N) is 4. The summed E-state index contributed by atoms with van der Waals surface area (Å²) >= 11 is 0. The van der Waals surface area contributed by atoms with Gasteiger partial charge in [0.05, 0.1) is 5.69 Å². The van der Waals surface area contributed by atoms with Gasteiger partial charge in [0.2, 0.25) is 0 Å². The molecule has 192 valence electrons. The topological polar surface area (TPSA) is 95.4 Å². The SMILES string of the molecule is Cc1cc(C(N)=O)nn1-c1ccc2c(ccn2Cc2ccc(CC3CN(C(=O)OC(C)(C)C)C3)cc2)c1. The van der Waals surface area contributed by atoms with Crippen molar-refractivity contribution in [2.45, 2.75) is 46.3 Å². The maximum Gasteiger partial charge on any atom is 0.410 e. The Morgan fingerprint density at radius 1 is 1.03 bits per heavy atom. The van der Waals surface area contributed by atoms with Crippen molar-refractivity contribution in [1.82, 2.24) is 19.2 Å². The predicted molar refractivity (Wildman–Crippen MR) is 143 cm³/mol. The molecule has 4 aromatic rings. The summed E-state index contributed by atoms with van der Waals surface area (Å²) in [5.74, 6) is -0.0611. The Morgan fingerprint density at radius 3 is 2.38 bits per heavy atom. The minimum Gasteiger partial charge on any atom is -0.444 e. The fourth-order valence-electron chi connectivity index (χ4n) is 4.80. The summed E-state index contributed by atoms with van der Waals surface area (Å²) in [5, 5.41) is 5.44. The van der Waals surface area contributed by atoms with Crippen molar-refractivity contribution in [3.05, 3.63) is 83.3 Å². The molecule has 0 aliphatic carbocycles. The molecule has 0 unspecified atom stereocenters. The van der Waals surface area contributed by atoms with Crippen LogP contribution in [0, 0.1) is 12.8 Å². The van der Waals surface area contributed by atoms with Crippen LogP contribution in [0.3, 0.4) is 0 Å². The van der Waals surface area contributed by atoms with E-state index >= 15 is 0 Å². The van der Waals surface area contributed by atoms with Crippen molar-refractivity contribution in [1.29, 1.82) is 0 Å². The van der Waals surface area contributed by atoms with Gasteiger partial charge >= 0.3 is 6.09 Å². The van der Waals surface area contributed by atoms with Gasteiger partial charge in [-0.05, 0) is 81.5 Å². The zero-order valence-electron chi connectivity index (χ0n) is 21.8. The maximum absolute atomic E-state index is 12.1. The molecule has 0 spiro atoms. The van der Waals surface area contributed by atoms with Gasteiger partial charge in [0.1, 0.15) is 5.60 Å². The molecular formula is C29H33N5O3. The Hall–Kier alpha value is -4.07. The van der Waals surface area contributed by atoms with E-state index in [2.05, 4.69) is 58.3 Å². The molecule has 37 heavy (non-hydrogen) atoms. The number of aromatic nitrogens is 3. The lowest BCUT2D eigenvalue weighted by atomic mass is 9.92. The molecule has 8 nitrogen and oxygen atoms in total. The zero-order chi connectivity index (χ0) is 26.3. The summed E-state index contributed by atoms with van der Waals surface area (Å²) in [4.78, 5) is 25.4. The molecule has 1 fully saturated rings. The second-order valence-corrected chi connectivity index (χ2v) is 10.9. The van der Waals surface area contributed by atoms with Crippen LogP contribution in [0.2, 0.25) is 0 Å². The average molecular weight is 500 g/mol. The Morgan fingerprint density at radius 2 is 1.73 bits per heavy atom. The van der Waals surface area contributed by atoms with Crippen LogP contribution in [0.15, 0.2) is 60.8 Å². The number of fused-ring (bicyclic) bond motifs is 1. The van der Waals surface area contributed by atoms with Crippen molar-refractivity contribution in [3.63, 3.8) is 0 Å². The number of primary amides is 1. The summed E-state index contributed by atoms with van der Waals surface area (Å²) in [6.07, 6.45) is 2.83. The number of benzene rings is 2. The zero-order valence-corrected chi connectivity index (χ0v) is 21.8. The first-order valence-electron chi connectivity index (χ1n) is 12.6. The molecule has 2 amide bonds. The van der Waals surface area contributed by atoms with Crippen LogP contribution in [0.4, 0.5) is 4.79 Å². The molecule has 8 heteroatoms. The van der Waals surface area contributed by atoms with Crippen molar-refractivity contribution in [2.24, 2.45) is 11.7 Å². The van der Waals surface area contributed by atoms with E-state index in [4.69, 9.17) is 10.5 Å². The number of amides is 2. The minimum absolute atomic E-state index is 0.222. The Kier molecular flexibility index (Phi) is 6.27. The quantitative estimate of drug-likeness (QED) is 0.416. The molecule has 0 bridgehead atoms. The van der Waals surface area contributed by atoms with E-state index < -0.39 is 11.5 Å². The number of aryl methyl sites for hydroxylation is 1. The number of carbonyl (C=O) groups is 2. The highest BCUT2D eigenvalue weighted by Crippen LogP contribution is 2.25. The van der Waals surface area contributed by atoms with Gasteiger partial charge in [-0.25, -0.2) is 9.48 Å².